The van der Waals surface area contributed by atoms with Gasteiger partial charge in [-0.05, 0) is 44.1 Å². The van der Waals surface area contributed by atoms with Gasteiger partial charge in [0.15, 0.2) is 5.82 Å². The molecule has 0 radical (unpaired) electrons. The van der Waals surface area contributed by atoms with Gasteiger partial charge < -0.3 is 24.7 Å². The molecule has 10 heteroatoms. The van der Waals surface area contributed by atoms with E-state index in [1.54, 1.807) is 12.4 Å². The molecule has 2 aromatic heterocycles. The first-order valence-corrected chi connectivity index (χ1v) is 13.2. The molecule has 5 heterocycles. The van der Waals surface area contributed by atoms with Crippen LogP contribution in [0.5, 0.6) is 0 Å². The lowest BCUT2D eigenvalue weighted by molar-refractivity contribution is 0.0975. The van der Waals surface area contributed by atoms with Gasteiger partial charge in [0.25, 0.3) is 0 Å². The molecule has 0 aliphatic carbocycles. The van der Waals surface area contributed by atoms with Gasteiger partial charge in [-0.25, -0.2) is 15.0 Å². The Morgan fingerprint density at radius 2 is 2.00 bits per heavy atom. The summed E-state index contributed by atoms with van der Waals surface area (Å²) >= 11 is 8.15. The zero-order valence-corrected chi connectivity index (χ0v) is 21.1. The Bertz CT molecular complexity index is 1020. The van der Waals surface area contributed by atoms with Gasteiger partial charge in [-0.2, -0.15) is 0 Å². The number of aliphatic hydroxyl groups is 2. The molecule has 1 spiro atoms. The lowest BCUT2D eigenvalue weighted by atomic mass is 9.77. The molecule has 2 aromatic rings. The van der Waals surface area contributed by atoms with Crippen molar-refractivity contribution in [3.05, 3.63) is 29.2 Å². The molecule has 1 unspecified atom stereocenters. The fourth-order valence-corrected chi connectivity index (χ4v) is 6.56. The molecule has 8 nitrogen and oxygen atoms in total. The predicted octanol–water partition coefficient (Wildman–Crippen LogP) is 3.38. The molecule has 3 aliphatic rings. The number of anilines is 2. The number of halogens is 1. The van der Waals surface area contributed by atoms with Gasteiger partial charge in [-0.15, -0.1) is 0 Å². The minimum Gasteiger partial charge on any atom is -0.396 e. The number of aliphatic hydroxyl groups excluding tert-OH is 2. The van der Waals surface area contributed by atoms with Crippen LogP contribution in [0.25, 0.3) is 0 Å². The predicted molar refractivity (Wildman–Crippen MR) is 133 cm³/mol. The number of aromatic nitrogens is 3. The van der Waals surface area contributed by atoms with Crippen LogP contribution in [-0.4, -0.2) is 70.7 Å². The van der Waals surface area contributed by atoms with E-state index in [0.717, 1.165) is 75.0 Å². The Balaban J connectivity index is 1.29. The molecule has 0 amide bonds. The van der Waals surface area contributed by atoms with Gasteiger partial charge in [-0.3, -0.25) is 0 Å². The normalized spacial score (nSPS) is 24.4. The Morgan fingerprint density at radius 3 is 2.68 bits per heavy atom. The van der Waals surface area contributed by atoms with Crippen molar-refractivity contribution in [2.75, 3.05) is 49.2 Å². The van der Waals surface area contributed by atoms with Crippen LogP contribution >= 0.6 is 23.4 Å². The third-order valence-electron chi connectivity index (χ3n) is 7.36. The fraction of sp³-hybridized carbons (Fsp3) is 0.625. The average molecular weight is 506 g/mol. The zero-order chi connectivity index (χ0) is 23.7. The summed E-state index contributed by atoms with van der Waals surface area (Å²) in [7, 11) is 0. The van der Waals surface area contributed by atoms with Crippen LogP contribution in [0.15, 0.2) is 28.4 Å². The summed E-state index contributed by atoms with van der Waals surface area (Å²) in [6.07, 6.45) is 8.06. The number of pyridine rings is 1. The van der Waals surface area contributed by atoms with E-state index in [-0.39, 0.29) is 19.1 Å². The summed E-state index contributed by atoms with van der Waals surface area (Å²) in [5.41, 5.74) is 0.883. The standard InChI is InChI=1S/C24H32ClN5O3S/c1-16-10-24(15-33-16)4-8-29(9-5-24)22-18(14-32)28-20(11-27-22)34-19-2-6-26-23(21(19)25)30-7-3-17(12-30)13-31/h2,6,11,16-17,31-32H,3-5,7-10,12-15H2,1H3/t16-,17?/m0/s1. The lowest BCUT2D eigenvalue weighted by Crippen LogP contribution is -2.41. The van der Waals surface area contributed by atoms with Crippen molar-refractivity contribution in [1.82, 2.24) is 15.0 Å². The van der Waals surface area contributed by atoms with Crippen molar-refractivity contribution >= 4 is 35.0 Å². The van der Waals surface area contributed by atoms with Crippen LogP contribution in [0.1, 0.15) is 38.3 Å². The maximum atomic E-state index is 10.0. The number of hydrogen-bond donors (Lipinski definition) is 2. The van der Waals surface area contributed by atoms with Gasteiger partial charge in [0.1, 0.15) is 16.5 Å². The summed E-state index contributed by atoms with van der Waals surface area (Å²) in [5.74, 6) is 1.76. The van der Waals surface area contributed by atoms with E-state index in [1.165, 1.54) is 11.8 Å². The molecule has 2 atom stereocenters. The minimum absolute atomic E-state index is 0.163. The molecule has 2 N–H and O–H groups in total. The number of hydrogen-bond acceptors (Lipinski definition) is 9. The molecule has 3 saturated heterocycles. The highest BCUT2D eigenvalue weighted by molar-refractivity contribution is 7.99. The second-order valence-corrected chi connectivity index (χ2v) is 11.2. The van der Waals surface area contributed by atoms with E-state index in [9.17, 15) is 10.2 Å². The van der Waals surface area contributed by atoms with Gasteiger partial charge >= 0.3 is 0 Å². The highest BCUT2D eigenvalue weighted by Crippen LogP contribution is 2.43. The quantitative estimate of drug-likeness (QED) is 0.612. The molecule has 0 saturated carbocycles. The summed E-state index contributed by atoms with van der Waals surface area (Å²) in [6.45, 7) is 6.40. The molecule has 5 rings (SSSR count). The molecule has 3 fully saturated rings. The lowest BCUT2D eigenvalue weighted by Gasteiger charge is -2.39. The van der Waals surface area contributed by atoms with E-state index in [0.29, 0.717) is 27.3 Å². The third-order valence-corrected chi connectivity index (χ3v) is 8.81. The second-order valence-electron chi connectivity index (χ2n) is 9.78. The van der Waals surface area contributed by atoms with E-state index < -0.39 is 0 Å². The second kappa shape index (κ2) is 10.1. The molecule has 3 aliphatic heterocycles. The third kappa shape index (κ3) is 4.86. The summed E-state index contributed by atoms with van der Waals surface area (Å²) in [4.78, 5) is 19.1. The molecule has 0 aromatic carbocycles. The maximum Gasteiger partial charge on any atom is 0.152 e. The first-order chi connectivity index (χ1) is 16.5. The van der Waals surface area contributed by atoms with E-state index in [4.69, 9.17) is 26.3 Å². The Morgan fingerprint density at radius 1 is 1.18 bits per heavy atom. The van der Waals surface area contributed by atoms with Crippen LogP contribution in [0.4, 0.5) is 11.6 Å². The zero-order valence-electron chi connectivity index (χ0n) is 19.5. The minimum atomic E-state index is -0.163. The summed E-state index contributed by atoms with van der Waals surface area (Å²) < 4.78 is 5.85. The molecular formula is C24H32ClN5O3S. The summed E-state index contributed by atoms with van der Waals surface area (Å²) in [5, 5.41) is 20.8. The number of rotatable bonds is 6. The van der Waals surface area contributed by atoms with E-state index in [1.807, 2.05) is 6.07 Å². The highest BCUT2D eigenvalue weighted by Gasteiger charge is 2.41. The number of ether oxygens (including phenoxy) is 1. The van der Waals surface area contributed by atoms with E-state index >= 15 is 0 Å². The van der Waals surface area contributed by atoms with Crippen LogP contribution in [0, 0.1) is 11.3 Å². The Hall–Kier alpha value is -1.65. The number of nitrogens with zero attached hydrogens (tertiary/aromatic N) is 5. The van der Waals surface area contributed by atoms with Crippen molar-refractivity contribution in [1.29, 1.82) is 0 Å². The van der Waals surface area contributed by atoms with Crippen LogP contribution in [0.3, 0.4) is 0 Å². The largest absolute Gasteiger partial charge is 0.396 e. The van der Waals surface area contributed by atoms with Crippen molar-refractivity contribution in [2.24, 2.45) is 11.3 Å². The average Bonchev–Trinajstić information content (AvgIpc) is 3.48. The smallest absolute Gasteiger partial charge is 0.152 e. The molecule has 0 bridgehead atoms. The van der Waals surface area contributed by atoms with Crippen LogP contribution in [0.2, 0.25) is 5.02 Å². The van der Waals surface area contributed by atoms with Crippen LogP contribution < -0.4 is 9.80 Å². The van der Waals surface area contributed by atoms with Gasteiger partial charge in [0, 0.05) is 49.8 Å². The number of piperidine rings is 1. The van der Waals surface area contributed by atoms with Gasteiger partial charge in [-0.1, -0.05) is 23.4 Å². The first kappa shape index (κ1) is 24.1. The Kier molecular flexibility index (Phi) is 7.18. The highest BCUT2D eigenvalue weighted by atomic mass is 35.5. The first-order valence-electron chi connectivity index (χ1n) is 12.0. The molecule has 184 valence electrons. The monoisotopic (exact) mass is 505 g/mol. The van der Waals surface area contributed by atoms with Crippen molar-refractivity contribution in [3.63, 3.8) is 0 Å². The van der Waals surface area contributed by atoms with Gasteiger partial charge in [0.05, 0.1) is 30.5 Å². The van der Waals surface area contributed by atoms with Crippen molar-refractivity contribution < 1.29 is 14.9 Å². The van der Waals surface area contributed by atoms with Crippen LogP contribution in [-0.2, 0) is 11.3 Å². The van der Waals surface area contributed by atoms with Gasteiger partial charge in [0.2, 0.25) is 0 Å². The van der Waals surface area contributed by atoms with Crippen molar-refractivity contribution in [3.8, 4) is 0 Å². The van der Waals surface area contributed by atoms with Crippen molar-refractivity contribution in [2.45, 2.75) is 55.2 Å². The topological polar surface area (TPSA) is 94.8 Å². The summed E-state index contributed by atoms with van der Waals surface area (Å²) in [6, 6.07) is 1.87. The maximum absolute atomic E-state index is 10.0. The Labute approximate surface area is 209 Å². The van der Waals surface area contributed by atoms with E-state index in [2.05, 4.69) is 21.7 Å². The molecule has 34 heavy (non-hydrogen) atoms. The molecular weight excluding hydrogens is 474 g/mol. The fourth-order valence-electron chi connectivity index (χ4n) is 5.41. The SMILES string of the molecule is C[C@H]1CC2(CCN(c3ncc(Sc4ccnc(N5CCC(CO)C5)c4Cl)nc3CO)CC2)CO1.